The number of carbonyl (C=O) groups excluding carboxylic acids is 1. The SMILES string of the molecule is CCn1cnnc1-c1ccccc1NC(=O)C(C)CN. The van der Waals surface area contributed by atoms with Crippen molar-refractivity contribution in [3.05, 3.63) is 30.6 Å². The second-order valence-corrected chi connectivity index (χ2v) is 4.61. The summed E-state index contributed by atoms with van der Waals surface area (Å²) in [6.07, 6.45) is 1.68. The lowest BCUT2D eigenvalue weighted by Crippen LogP contribution is -2.26. The Morgan fingerprint density at radius 3 is 2.90 bits per heavy atom. The average molecular weight is 273 g/mol. The van der Waals surface area contributed by atoms with Crippen LogP contribution in [0.3, 0.4) is 0 Å². The van der Waals surface area contributed by atoms with Crippen LogP contribution in [0.1, 0.15) is 13.8 Å². The molecule has 1 aromatic heterocycles. The van der Waals surface area contributed by atoms with E-state index in [4.69, 9.17) is 5.73 Å². The molecule has 1 amide bonds. The van der Waals surface area contributed by atoms with E-state index in [1.807, 2.05) is 35.8 Å². The molecule has 6 nitrogen and oxygen atoms in total. The van der Waals surface area contributed by atoms with Crippen LogP contribution >= 0.6 is 0 Å². The summed E-state index contributed by atoms with van der Waals surface area (Å²) in [6.45, 7) is 4.90. The first kappa shape index (κ1) is 14.2. The van der Waals surface area contributed by atoms with E-state index >= 15 is 0 Å². The number of nitrogens with one attached hydrogen (secondary N) is 1. The first-order chi connectivity index (χ1) is 9.67. The number of hydrogen-bond donors (Lipinski definition) is 2. The molecule has 0 saturated heterocycles. The zero-order chi connectivity index (χ0) is 14.5. The number of carbonyl (C=O) groups is 1. The number of anilines is 1. The standard InChI is InChI=1S/C14H19N5O/c1-3-19-9-16-18-13(19)11-6-4-5-7-12(11)17-14(20)10(2)8-15/h4-7,9-10H,3,8,15H2,1-2H3,(H,17,20). The van der Waals surface area contributed by atoms with Gasteiger partial charge in [0.2, 0.25) is 5.91 Å². The van der Waals surface area contributed by atoms with Gasteiger partial charge in [-0.25, -0.2) is 0 Å². The Morgan fingerprint density at radius 2 is 2.20 bits per heavy atom. The number of nitrogens with zero attached hydrogens (tertiary/aromatic N) is 3. The molecule has 0 spiro atoms. The molecule has 6 heteroatoms. The van der Waals surface area contributed by atoms with Crippen LogP contribution in [0, 0.1) is 5.92 Å². The average Bonchev–Trinajstić information content (AvgIpc) is 2.95. The van der Waals surface area contributed by atoms with Gasteiger partial charge in [0.25, 0.3) is 0 Å². The van der Waals surface area contributed by atoms with Crippen molar-refractivity contribution in [2.24, 2.45) is 11.7 Å². The number of aromatic nitrogens is 3. The number of benzene rings is 1. The fourth-order valence-electron chi connectivity index (χ4n) is 1.85. The van der Waals surface area contributed by atoms with Crippen LogP contribution < -0.4 is 11.1 Å². The molecule has 1 aromatic carbocycles. The molecule has 0 aliphatic rings. The molecule has 0 saturated carbocycles. The molecule has 0 aliphatic carbocycles. The van der Waals surface area contributed by atoms with Crippen molar-refractivity contribution in [1.29, 1.82) is 0 Å². The van der Waals surface area contributed by atoms with Gasteiger partial charge in [-0.1, -0.05) is 19.1 Å². The largest absolute Gasteiger partial charge is 0.330 e. The smallest absolute Gasteiger partial charge is 0.228 e. The summed E-state index contributed by atoms with van der Waals surface area (Å²) < 4.78 is 1.93. The van der Waals surface area contributed by atoms with E-state index in [2.05, 4.69) is 15.5 Å². The summed E-state index contributed by atoms with van der Waals surface area (Å²) in [5, 5.41) is 10.9. The Hall–Kier alpha value is -2.21. The molecule has 0 fully saturated rings. The van der Waals surface area contributed by atoms with Gasteiger partial charge in [-0.15, -0.1) is 10.2 Å². The van der Waals surface area contributed by atoms with Crippen LogP contribution in [0.25, 0.3) is 11.4 Å². The lowest BCUT2D eigenvalue weighted by molar-refractivity contribution is -0.119. The maximum atomic E-state index is 12.0. The Kier molecular flexibility index (Phi) is 4.47. The molecule has 3 N–H and O–H groups in total. The van der Waals surface area contributed by atoms with Gasteiger partial charge >= 0.3 is 0 Å². The van der Waals surface area contributed by atoms with Crippen molar-refractivity contribution >= 4 is 11.6 Å². The zero-order valence-corrected chi connectivity index (χ0v) is 11.7. The minimum Gasteiger partial charge on any atom is -0.330 e. The van der Waals surface area contributed by atoms with Gasteiger partial charge in [0.05, 0.1) is 5.69 Å². The van der Waals surface area contributed by atoms with E-state index in [0.29, 0.717) is 6.54 Å². The first-order valence-electron chi connectivity index (χ1n) is 6.65. The number of amides is 1. The van der Waals surface area contributed by atoms with Crippen LogP contribution in [0.5, 0.6) is 0 Å². The first-order valence-corrected chi connectivity index (χ1v) is 6.65. The van der Waals surface area contributed by atoms with E-state index in [-0.39, 0.29) is 11.8 Å². The molecule has 1 atom stereocenters. The normalized spacial score (nSPS) is 12.2. The molecule has 0 aliphatic heterocycles. The number of hydrogen-bond acceptors (Lipinski definition) is 4. The van der Waals surface area contributed by atoms with Gasteiger partial charge in [-0.2, -0.15) is 0 Å². The molecule has 106 valence electrons. The molecular weight excluding hydrogens is 254 g/mol. The molecule has 2 rings (SSSR count). The van der Waals surface area contributed by atoms with E-state index in [1.54, 1.807) is 13.3 Å². The van der Waals surface area contributed by atoms with Gasteiger partial charge in [0.1, 0.15) is 6.33 Å². The fraction of sp³-hybridized carbons (Fsp3) is 0.357. The third-order valence-corrected chi connectivity index (χ3v) is 3.18. The molecule has 1 heterocycles. The Bertz CT molecular complexity index is 593. The molecule has 2 aromatic rings. The maximum absolute atomic E-state index is 12.0. The Morgan fingerprint density at radius 1 is 1.45 bits per heavy atom. The summed E-state index contributed by atoms with van der Waals surface area (Å²) >= 11 is 0. The van der Waals surface area contributed by atoms with Crippen LogP contribution in [-0.2, 0) is 11.3 Å². The van der Waals surface area contributed by atoms with Gasteiger partial charge in [0.15, 0.2) is 5.82 Å². The molecule has 0 bridgehead atoms. The quantitative estimate of drug-likeness (QED) is 0.864. The summed E-state index contributed by atoms with van der Waals surface area (Å²) in [4.78, 5) is 12.0. The molecular formula is C14H19N5O. The van der Waals surface area contributed by atoms with Crippen molar-refractivity contribution < 1.29 is 4.79 Å². The highest BCUT2D eigenvalue weighted by Crippen LogP contribution is 2.26. The van der Waals surface area contributed by atoms with E-state index < -0.39 is 0 Å². The van der Waals surface area contributed by atoms with Crippen molar-refractivity contribution in [2.45, 2.75) is 20.4 Å². The number of rotatable bonds is 5. The summed E-state index contributed by atoms with van der Waals surface area (Å²) in [6, 6.07) is 7.55. The second-order valence-electron chi connectivity index (χ2n) is 4.61. The monoisotopic (exact) mass is 273 g/mol. The highest BCUT2D eigenvalue weighted by molar-refractivity contribution is 5.96. The highest BCUT2D eigenvalue weighted by Gasteiger charge is 2.15. The van der Waals surface area contributed by atoms with Crippen molar-refractivity contribution in [3.63, 3.8) is 0 Å². The van der Waals surface area contributed by atoms with Gasteiger partial charge in [-0.05, 0) is 19.1 Å². The van der Waals surface area contributed by atoms with E-state index in [9.17, 15) is 4.79 Å². The second kappa shape index (κ2) is 6.29. The van der Waals surface area contributed by atoms with Crippen molar-refractivity contribution in [1.82, 2.24) is 14.8 Å². The van der Waals surface area contributed by atoms with Gasteiger partial charge in [-0.3, -0.25) is 4.79 Å². The number of aryl methyl sites for hydroxylation is 1. The minimum atomic E-state index is -0.230. The predicted molar refractivity (Wildman–Crippen MR) is 78.0 cm³/mol. The van der Waals surface area contributed by atoms with E-state index in [0.717, 1.165) is 23.6 Å². The van der Waals surface area contributed by atoms with Crippen LogP contribution in [-0.4, -0.2) is 27.2 Å². The third kappa shape index (κ3) is 2.85. The summed E-state index contributed by atoms with van der Waals surface area (Å²) in [5.41, 5.74) is 7.09. The predicted octanol–water partition coefficient (Wildman–Crippen LogP) is 1.50. The lowest BCUT2D eigenvalue weighted by atomic mass is 10.1. The number of para-hydroxylation sites is 1. The van der Waals surface area contributed by atoms with Gasteiger partial charge in [0, 0.05) is 24.6 Å². The fourth-order valence-corrected chi connectivity index (χ4v) is 1.85. The Balaban J connectivity index is 2.34. The van der Waals surface area contributed by atoms with Crippen molar-refractivity contribution in [2.75, 3.05) is 11.9 Å². The minimum absolute atomic E-state index is 0.0949. The molecule has 20 heavy (non-hydrogen) atoms. The summed E-state index contributed by atoms with van der Waals surface area (Å²) in [5.74, 6) is 0.415. The third-order valence-electron chi connectivity index (χ3n) is 3.18. The van der Waals surface area contributed by atoms with Crippen LogP contribution in [0.2, 0.25) is 0 Å². The lowest BCUT2D eigenvalue weighted by Gasteiger charge is -2.13. The van der Waals surface area contributed by atoms with Crippen molar-refractivity contribution in [3.8, 4) is 11.4 Å². The van der Waals surface area contributed by atoms with Crippen LogP contribution in [0.15, 0.2) is 30.6 Å². The molecule has 1 unspecified atom stereocenters. The topological polar surface area (TPSA) is 85.8 Å². The molecule has 0 radical (unpaired) electrons. The maximum Gasteiger partial charge on any atom is 0.228 e. The van der Waals surface area contributed by atoms with E-state index in [1.165, 1.54) is 0 Å². The number of nitrogens with two attached hydrogens (primary N) is 1. The highest BCUT2D eigenvalue weighted by atomic mass is 16.1. The Labute approximate surface area is 118 Å². The van der Waals surface area contributed by atoms with Crippen LogP contribution in [0.4, 0.5) is 5.69 Å². The van der Waals surface area contributed by atoms with Gasteiger partial charge < -0.3 is 15.6 Å². The zero-order valence-electron chi connectivity index (χ0n) is 11.7. The summed E-state index contributed by atoms with van der Waals surface area (Å²) in [7, 11) is 0.